The molecule has 112 valence electrons. The van der Waals surface area contributed by atoms with Gasteiger partial charge >= 0.3 is 6.09 Å². The van der Waals surface area contributed by atoms with Crippen molar-refractivity contribution in [1.82, 2.24) is 9.97 Å². The van der Waals surface area contributed by atoms with E-state index in [-0.39, 0.29) is 0 Å². The Morgan fingerprint density at radius 1 is 1.38 bits per heavy atom. The zero-order valence-corrected chi connectivity index (χ0v) is 12.8. The van der Waals surface area contributed by atoms with E-state index in [0.717, 1.165) is 5.56 Å². The third-order valence-electron chi connectivity index (χ3n) is 2.42. The lowest BCUT2D eigenvalue weighted by Crippen LogP contribution is -2.27. The lowest BCUT2D eigenvalue weighted by atomic mass is 10.1. The van der Waals surface area contributed by atoms with Crippen molar-refractivity contribution < 1.29 is 14.6 Å². The van der Waals surface area contributed by atoms with Crippen LogP contribution in [0.4, 0.5) is 9.93 Å². The molecule has 0 aromatic carbocycles. The molecule has 0 radical (unpaired) electrons. The molecule has 0 fully saturated rings. The monoisotopic (exact) mass is 307 g/mol. The molecule has 1 amide bonds. The minimum Gasteiger partial charge on any atom is -0.444 e. The van der Waals surface area contributed by atoms with Crippen LogP contribution >= 0.6 is 11.3 Å². The van der Waals surface area contributed by atoms with Crippen molar-refractivity contribution in [2.75, 3.05) is 5.32 Å². The van der Waals surface area contributed by atoms with Crippen LogP contribution in [-0.4, -0.2) is 26.8 Å². The number of carbonyl (C=O) groups is 1. The fraction of sp³-hybridized carbons (Fsp3) is 0.357. The predicted octanol–water partition coefficient (Wildman–Crippen LogP) is 2.97. The van der Waals surface area contributed by atoms with Gasteiger partial charge in [0.15, 0.2) is 5.13 Å². The maximum atomic E-state index is 11.6. The van der Waals surface area contributed by atoms with E-state index < -0.39 is 17.8 Å². The normalized spacial score (nSPS) is 12.8. The average Bonchev–Trinajstić information content (AvgIpc) is 2.85. The second kappa shape index (κ2) is 6.19. The summed E-state index contributed by atoms with van der Waals surface area (Å²) in [7, 11) is 0. The first kappa shape index (κ1) is 15.4. The van der Waals surface area contributed by atoms with E-state index in [2.05, 4.69) is 15.3 Å². The quantitative estimate of drug-likeness (QED) is 0.910. The summed E-state index contributed by atoms with van der Waals surface area (Å²) in [5.41, 5.74) is 0.151. The van der Waals surface area contributed by atoms with E-state index in [1.807, 2.05) is 0 Å². The van der Waals surface area contributed by atoms with Gasteiger partial charge in [-0.1, -0.05) is 11.3 Å². The first-order valence-electron chi connectivity index (χ1n) is 6.39. The molecule has 0 bridgehead atoms. The summed E-state index contributed by atoms with van der Waals surface area (Å²) in [5.74, 6) is 0. The molecule has 0 saturated heterocycles. The maximum Gasteiger partial charge on any atom is 0.413 e. The van der Waals surface area contributed by atoms with Crippen molar-refractivity contribution in [2.24, 2.45) is 0 Å². The summed E-state index contributed by atoms with van der Waals surface area (Å²) in [6.07, 6.45) is 3.39. The van der Waals surface area contributed by atoms with Crippen molar-refractivity contribution in [3.05, 3.63) is 41.2 Å². The van der Waals surface area contributed by atoms with E-state index in [9.17, 15) is 9.90 Å². The van der Waals surface area contributed by atoms with Gasteiger partial charge in [0.25, 0.3) is 0 Å². The summed E-state index contributed by atoms with van der Waals surface area (Å²) in [5, 5.41) is 13.2. The molecule has 0 aliphatic rings. The molecule has 1 atom stereocenters. The minimum atomic E-state index is -0.792. The molecule has 0 aliphatic carbocycles. The summed E-state index contributed by atoms with van der Waals surface area (Å²) in [6.45, 7) is 5.35. The topological polar surface area (TPSA) is 84.3 Å². The van der Waals surface area contributed by atoms with Crippen molar-refractivity contribution >= 4 is 22.6 Å². The molecule has 1 unspecified atom stereocenters. The summed E-state index contributed by atoms with van der Waals surface area (Å²) < 4.78 is 5.14. The standard InChI is InChI=1S/C14H17N3O3S/c1-14(2,3)20-13(19)17-12-16-8-10(21-12)11(18)9-4-6-15-7-5-9/h4-8,11,18H,1-3H3,(H,16,17,19). The number of ether oxygens (including phenoxy) is 1. The highest BCUT2D eigenvalue weighted by Gasteiger charge is 2.19. The molecule has 0 aliphatic heterocycles. The van der Waals surface area contributed by atoms with E-state index >= 15 is 0 Å². The van der Waals surface area contributed by atoms with E-state index in [1.54, 1.807) is 45.3 Å². The van der Waals surface area contributed by atoms with Crippen molar-refractivity contribution in [3.8, 4) is 0 Å². The average molecular weight is 307 g/mol. The van der Waals surface area contributed by atoms with Crippen LogP contribution in [0.3, 0.4) is 0 Å². The molecule has 21 heavy (non-hydrogen) atoms. The number of anilines is 1. The zero-order chi connectivity index (χ0) is 15.5. The number of nitrogens with one attached hydrogen (secondary N) is 1. The summed E-state index contributed by atoms with van der Waals surface area (Å²) in [6, 6.07) is 3.46. The highest BCUT2D eigenvalue weighted by Crippen LogP contribution is 2.29. The second-order valence-electron chi connectivity index (χ2n) is 5.38. The van der Waals surface area contributed by atoms with Gasteiger partial charge in [-0.15, -0.1) is 0 Å². The third kappa shape index (κ3) is 4.51. The SMILES string of the molecule is CC(C)(C)OC(=O)Nc1ncc(C(O)c2ccncc2)s1. The molecular formula is C14H17N3O3S. The number of pyridine rings is 1. The molecule has 0 spiro atoms. The Bertz CT molecular complexity index is 607. The Labute approximate surface area is 126 Å². The first-order chi connectivity index (χ1) is 9.85. The van der Waals surface area contributed by atoms with E-state index in [0.29, 0.717) is 10.0 Å². The van der Waals surface area contributed by atoms with Gasteiger partial charge in [-0.3, -0.25) is 10.3 Å². The number of thiazole rings is 1. The number of aliphatic hydroxyl groups is 1. The number of aromatic nitrogens is 2. The molecule has 2 aromatic rings. The Morgan fingerprint density at radius 3 is 2.67 bits per heavy atom. The number of rotatable bonds is 3. The highest BCUT2D eigenvalue weighted by atomic mass is 32.1. The fourth-order valence-electron chi connectivity index (χ4n) is 1.57. The molecule has 2 heterocycles. The molecule has 6 nitrogen and oxygen atoms in total. The van der Waals surface area contributed by atoms with Crippen LogP contribution in [0.2, 0.25) is 0 Å². The zero-order valence-electron chi connectivity index (χ0n) is 12.0. The summed E-state index contributed by atoms with van der Waals surface area (Å²) in [4.78, 5) is 20.2. The highest BCUT2D eigenvalue weighted by molar-refractivity contribution is 7.15. The second-order valence-corrected chi connectivity index (χ2v) is 6.44. The smallest absolute Gasteiger partial charge is 0.413 e. The van der Waals surface area contributed by atoms with Crippen LogP contribution in [0, 0.1) is 0 Å². The summed E-state index contributed by atoms with van der Waals surface area (Å²) >= 11 is 1.20. The van der Waals surface area contributed by atoms with E-state index in [4.69, 9.17) is 4.74 Å². The van der Waals surface area contributed by atoms with Crippen molar-refractivity contribution in [1.29, 1.82) is 0 Å². The largest absolute Gasteiger partial charge is 0.444 e. The van der Waals surface area contributed by atoms with Crippen LogP contribution in [0.15, 0.2) is 30.7 Å². The molecule has 7 heteroatoms. The number of nitrogens with zero attached hydrogens (tertiary/aromatic N) is 2. The lowest BCUT2D eigenvalue weighted by molar-refractivity contribution is 0.0636. The minimum absolute atomic E-state index is 0.382. The molecule has 2 aromatic heterocycles. The van der Waals surface area contributed by atoms with Crippen LogP contribution < -0.4 is 5.32 Å². The van der Waals surface area contributed by atoms with Crippen LogP contribution in [0.5, 0.6) is 0 Å². The van der Waals surface area contributed by atoms with Gasteiger partial charge in [-0.05, 0) is 38.5 Å². The van der Waals surface area contributed by atoms with Crippen LogP contribution in [0.1, 0.15) is 37.3 Å². The molecule has 0 saturated carbocycles. The van der Waals surface area contributed by atoms with Gasteiger partial charge in [0.05, 0.1) is 4.88 Å². The van der Waals surface area contributed by atoms with Crippen LogP contribution in [-0.2, 0) is 4.74 Å². The van der Waals surface area contributed by atoms with Gasteiger partial charge in [-0.2, -0.15) is 0 Å². The Balaban J connectivity index is 2.03. The molecular weight excluding hydrogens is 290 g/mol. The predicted molar refractivity (Wildman–Crippen MR) is 80.3 cm³/mol. The molecule has 2 rings (SSSR count). The lowest BCUT2D eigenvalue weighted by Gasteiger charge is -2.18. The number of carbonyl (C=O) groups excluding carboxylic acids is 1. The van der Waals surface area contributed by atoms with Gasteiger partial charge in [0.2, 0.25) is 0 Å². The number of hydrogen-bond acceptors (Lipinski definition) is 6. The number of hydrogen-bond donors (Lipinski definition) is 2. The first-order valence-corrected chi connectivity index (χ1v) is 7.20. The van der Waals surface area contributed by atoms with Gasteiger partial charge in [0, 0.05) is 18.6 Å². The maximum absolute atomic E-state index is 11.6. The van der Waals surface area contributed by atoms with Crippen molar-refractivity contribution in [2.45, 2.75) is 32.5 Å². The number of aliphatic hydroxyl groups excluding tert-OH is 1. The van der Waals surface area contributed by atoms with Crippen LogP contribution in [0.25, 0.3) is 0 Å². The fourth-order valence-corrected chi connectivity index (χ4v) is 2.39. The Kier molecular flexibility index (Phi) is 4.54. The number of amides is 1. The van der Waals surface area contributed by atoms with Crippen molar-refractivity contribution in [3.63, 3.8) is 0 Å². The van der Waals surface area contributed by atoms with Gasteiger partial charge in [-0.25, -0.2) is 9.78 Å². The third-order valence-corrected chi connectivity index (χ3v) is 3.39. The van der Waals surface area contributed by atoms with E-state index in [1.165, 1.54) is 17.5 Å². The Hall–Kier alpha value is -1.99. The Morgan fingerprint density at radius 2 is 2.05 bits per heavy atom. The molecule has 2 N–H and O–H groups in total. The van der Waals surface area contributed by atoms with Gasteiger partial charge in [0.1, 0.15) is 11.7 Å². The van der Waals surface area contributed by atoms with Gasteiger partial charge < -0.3 is 9.84 Å².